The largest absolute Gasteiger partial charge is 0.481 e. The van der Waals surface area contributed by atoms with Crippen LogP contribution in [0, 0.1) is 29.6 Å². The van der Waals surface area contributed by atoms with Gasteiger partial charge in [-0.25, -0.2) is 19.3 Å². The number of unbranched alkanes of at least 4 members (excludes halogenated alkanes) is 1. The molecule has 38 heteroatoms. The van der Waals surface area contributed by atoms with Gasteiger partial charge in [0.1, 0.15) is 30.1 Å². The maximum Gasteiger partial charge on any atom is 0.418 e. The number of alkyl halides is 3. The summed E-state index contributed by atoms with van der Waals surface area (Å²) in [4.78, 5) is 113. The number of pyridine rings is 2. The smallest absolute Gasteiger partial charge is 0.418 e. The van der Waals surface area contributed by atoms with Gasteiger partial charge in [0.15, 0.2) is 5.78 Å². The van der Waals surface area contributed by atoms with Crippen molar-refractivity contribution in [1.29, 1.82) is 0 Å². The maximum atomic E-state index is 15.0. The summed E-state index contributed by atoms with van der Waals surface area (Å²) in [5, 5.41) is 33.0. The molecule has 5 aliphatic rings. The first-order chi connectivity index (χ1) is 67.9. The summed E-state index contributed by atoms with van der Waals surface area (Å²) >= 11 is 0. The Bertz CT molecular complexity index is 5180. The molecule has 10 unspecified atom stereocenters. The van der Waals surface area contributed by atoms with Crippen LogP contribution in [-0.2, 0) is 121 Å². The number of amides is 2. The number of halogens is 3. The lowest BCUT2D eigenvalue weighted by Gasteiger charge is -2.42. The molecule has 4 fully saturated rings. The molecule has 778 valence electrons. The van der Waals surface area contributed by atoms with Gasteiger partial charge < -0.3 is 102 Å². The van der Waals surface area contributed by atoms with Gasteiger partial charge in [0.2, 0.25) is 17.6 Å². The summed E-state index contributed by atoms with van der Waals surface area (Å²) in [6.07, 6.45) is 13.2. The summed E-state index contributed by atoms with van der Waals surface area (Å²) in [6.45, 7) is 18.3. The zero-order valence-corrected chi connectivity index (χ0v) is 83.5. The number of aliphatic hydroxyl groups is 2. The number of fused-ring (bicyclic) bond motifs is 6. The standard InChI is InChI=1S/C103H146F3N11O24/c1-68-19-13-12-14-20-69(2)89(127-8)63-79-28-23-73(6)102(126,141-79)98(122)99(123)116-34-17-15-22-85(116)100(124)140-90(64-87(118)70(3)58-72(5)96(121)97(130-11)95(120)71(4)57-68)82(107)59-74-24-31-88(91(60-74)128-9)139-40-18-16-21-77-67-115(111-110-77)39-42-132-44-46-134-48-50-136-52-54-138-56-55-137-53-51-135-49-47-133-45-43-131-41-33-93(119)114-37-35-113(36-38-114)84-30-27-78(62-81(84)103(104,105)106)117-94-80-61-75(76-26-32-92(129-10)109-65-76)25-29-83(80)108-66-86(94)112(7)101(117)125/h12-14,19-20,25-27,29-30,32,58,61-62,65-68,70-71,73-74,79,82,85,88-91,96-97,121,126H,15-18,21-24,28,31,33-57,59-60,63-64,107H2,1-11H3/b14-12+,19-13+,69-20+,72-58+/t68?,70?,71?,73-,74?,79+,82?,85?,88?,89?,90?,91-,96?,97+,102-/m1/s1. The number of benzene rings is 2. The lowest BCUT2D eigenvalue weighted by Crippen LogP contribution is -2.61. The van der Waals surface area contributed by atoms with E-state index in [0.29, 0.717) is 203 Å². The Labute approximate surface area is 823 Å². The van der Waals surface area contributed by atoms with Crippen molar-refractivity contribution in [3.63, 3.8) is 0 Å². The Morgan fingerprint density at radius 2 is 1.34 bits per heavy atom. The number of piperazine rings is 1. The molecule has 2 aromatic carbocycles. The van der Waals surface area contributed by atoms with Crippen molar-refractivity contribution in [3.8, 4) is 22.7 Å². The van der Waals surface area contributed by atoms with Crippen LogP contribution in [0.2, 0.25) is 0 Å². The number of carbonyl (C=O) groups is 6. The molecule has 0 radical (unpaired) electrons. The first-order valence-electron chi connectivity index (χ1n) is 49.6. The quantitative estimate of drug-likeness (QED) is 0.0138. The predicted octanol–water partition coefficient (Wildman–Crippen LogP) is 10.7. The average Bonchev–Trinajstić information content (AvgIpc) is 1.58. The zero-order chi connectivity index (χ0) is 101. The molecule has 35 nitrogen and oxygen atoms in total. The minimum Gasteiger partial charge on any atom is -0.481 e. The number of methoxy groups -OCH3 is 4. The number of anilines is 1. The molecular weight excluding hydrogens is 1830 g/mol. The number of rotatable bonds is 43. The number of aryl methyl sites for hydroxylation is 2. The Morgan fingerprint density at radius 3 is 1.98 bits per heavy atom. The molecule has 6 aromatic rings. The number of nitrogens with zero attached hydrogens (tertiary/aromatic N) is 10. The van der Waals surface area contributed by atoms with Crippen molar-refractivity contribution in [2.45, 2.75) is 218 Å². The van der Waals surface area contributed by atoms with Crippen molar-refractivity contribution >= 4 is 62.8 Å². The van der Waals surface area contributed by atoms with Crippen molar-refractivity contribution in [1.82, 2.24) is 43.9 Å². The number of aliphatic hydroxyl groups excluding tert-OH is 1. The van der Waals surface area contributed by atoms with E-state index in [1.54, 1.807) is 94.0 Å². The number of ketones is 3. The first-order valence-corrected chi connectivity index (χ1v) is 49.6. The lowest BCUT2D eigenvalue weighted by molar-refractivity contribution is -0.265. The van der Waals surface area contributed by atoms with E-state index in [0.717, 1.165) is 46.2 Å². The highest BCUT2D eigenvalue weighted by molar-refractivity contribution is 6.39. The molecule has 1 saturated carbocycles. The maximum absolute atomic E-state index is 15.0. The normalized spacial score (nSPS) is 25.9. The third-order valence-corrected chi connectivity index (χ3v) is 27.1. The fourth-order valence-electron chi connectivity index (χ4n) is 18.8. The Balaban J connectivity index is 0.504. The first kappa shape index (κ1) is 112. The molecule has 8 heterocycles. The van der Waals surface area contributed by atoms with Crippen LogP contribution in [0.1, 0.15) is 149 Å². The minimum atomic E-state index is -4.76. The van der Waals surface area contributed by atoms with Gasteiger partial charge in [0.25, 0.3) is 11.7 Å². The molecule has 141 heavy (non-hydrogen) atoms. The van der Waals surface area contributed by atoms with E-state index in [1.165, 1.54) is 35.5 Å². The topological polar surface area (TPSA) is 400 Å². The van der Waals surface area contributed by atoms with Gasteiger partial charge in [-0.3, -0.25) is 38.1 Å². The number of esters is 1. The van der Waals surface area contributed by atoms with Crippen molar-refractivity contribution in [2.75, 3.05) is 178 Å². The van der Waals surface area contributed by atoms with E-state index in [-0.39, 0.29) is 125 Å². The Kier molecular flexibility index (Phi) is 44.5. The number of ether oxygens (including phenoxy) is 15. The molecule has 0 spiro atoms. The van der Waals surface area contributed by atoms with Crippen LogP contribution in [0.25, 0.3) is 38.8 Å². The number of allylic oxidation sites excluding steroid dienone is 6. The number of cyclic esters (lactones) is 1. The fourth-order valence-corrected chi connectivity index (χ4v) is 18.8. The molecule has 2 amide bonds. The van der Waals surface area contributed by atoms with Crippen LogP contribution < -0.4 is 21.1 Å². The summed E-state index contributed by atoms with van der Waals surface area (Å²) in [5.74, 6) is -8.09. The second-order valence-corrected chi connectivity index (χ2v) is 37.3. The number of imidazole rings is 1. The summed E-state index contributed by atoms with van der Waals surface area (Å²) in [7, 11) is 7.66. The monoisotopic (exact) mass is 1980 g/mol. The third-order valence-electron chi connectivity index (χ3n) is 27.1. The van der Waals surface area contributed by atoms with E-state index in [1.807, 2.05) is 68.6 Å². The van der Waals surface area contributed by atoms with E-state index in [2.05, 4.69) is 20.3 Å². The second-order valence-electron chi connectivity index (χ2n) is 37.3. The number of hydrogen-bond donors (Lipinski definition) is 3. The molecule has 4 aromatic heterocycles. The summed E-state index contributed by atoms with van der Waals surface area (Å²) in [6, 6.07) is 10.9. The van der Waals surface area contributed by atoms with Gasteiger partial charge in [-0.05, 0) is 162 Å². The fraction of sp³-hybridized carbons (Fsp3) is 0.641. The molecule has 15 atom stereocenters. The Hall–Kier alpha value is -9.46. The van der Waals surface area contributed by atoms with Gasteiger partial charge in [-0.1, -0.05) is 75.4 Å². The molecule has 11 rings (SSSR count). The molecule has 1 aliphatic carbocycles. The molecule has 4 N–H and O–H groups in total. The van der Waals surface area contributed by atoms with Gasteiger partial charge in [-0.15, -0.1) is 5.10 Å². The number of hydrogen-bond acceptors (Lipinski definition) is 30. The van der Waals surface area contributed by atoms with Crippen molar-refractivity contribution in [3.05, 3.63) is 136 Å². The minimum absolute atomic E-state index is 0.0213. The highest BCUT2D eigenvalue weighted by Crippen LogP contribution is 2.42. The van der Waals surface area contributed by atoms with Crippen LogP contribution in [0.4, 0.5) is 18.9 Å². The highest BCUT2D eigenvalue weighted by atomic mass is 19.4. The number of Topliss-reactive ketones (excluding diaryl/α,β-unsaturated/α-hetero) is 3. The predicted molar refractivity (Wildman–Crippen MR) is 519 cm³/mol. The average molecular weight is 1980 g/mol. The van der Waals surface area contributed by atoms with Crippen LogP contribution in [-0.4, -0.2) is 323 Å². The number of carbonyl (C=O) groups excluding carboxylic acids is 6. The number of nitrogens with two attached hydrogens (primary N) is 1. The SMILES string of the molecule is COc1ccc(-c2ccc3ncc4c(c3c2)n(-c2ccc(N3CCN(C(=O)CCOCCOCCOCCOCCOCCOCCOCCOCCn5cc(CCCCOC6CCC(CC(N)C7CC(=O)C(C)/C=C(\C)C(O)[C@@H](OC)C(=O)C(C)CC(C)/C=C/C=C/C=C(\C)C(OC)C[C@@H]8CC[C@@H](C)[C@@](O)(O8)C(=O)C(=O)N8CCCCC8C(=O)O7)C[C@H]6OC)nn5)CC3)c(C(F)(F)F)c2)c(=O)n4C)cn1. The highest BCUT2D eigenvalue weighted by Gasteiger charge is 2.54. The summed E-state index contributed by atoms with van der Waals surface area (Å²) < 4.78 is 136. The van der Waals surface area contributed by atoms with E-state index >= 15 is 13.2 Å². The molecule has 4 aliphatic heterocycles. The van der Waals surface area contributed by atoms with Crippen molar-refractivity contribution in [2.24, 2.45) is 42.4 Å². The molecule has 2 bridgehead atoms. The van der Waals surface area contributed by atoms with Crippen LogP contribution in [0.5, 0.6) is 5.88 Å². The number of piperidine rings is 1. The lowest BCUT2D eigenvalue weighted by atomic mass is 9.80. The molecular formula is C103H146F3N11O24. The van der Waals surface area contributed by atoms with Gasteiger partial charge in [0.05, 0.1) is 190 Å². The van der Waals surface area contributed by atoms with Crippen molar-refractivity contribution < 1.29 is 123 Å². The number of aromatic nitrogens is 7. The van der Waals surface area contributed by atoms with E-state index in [9.17, 15) is 43.8 Å². The summed E-state index contributed by atoms with van der Waals surface area (Å²) in [5.41, 5.74) is 10.7. The third kappa shape index (κ3) is 32.0. The van der Waals surface area contributed by atoms with Crippen LogP contribution in [0.3, 0.4) is 0 Å². The van der Waals surface area contributed by atoms with Crippen LogP contribution >= 0.6 is 0 Å². The van der Waals surface area contributed by atoms with Gasteiger partial charge >= 0.3 is 17.8 Å². The van der Waals surface area contributed by atoms with E-state index < -0.39 is 101 Å². The zero-order valence-electron chi connectivity index (χ0n) is 83.5. The Morgan fingerprint density at radius 1 is 0.674 bits per heavy atom. The van der Waals surface area contributed by atoms with E-state index in [4.69, 9.17) is 76.8 Å². The molecule has 3 saturated heterocycles. The second kappa shape index (κ2) is 56.1. The van der Waals surface area contributed by atoms with Crippen LogP contribution in [0.15, 0.2) is 120 Å². The van der Waals surface area contributed by atoms with Gasteiger partial charge in [-0.2, -0.15) is 13.2 Å². The van der Waals surface area contributed by atoms with Gasteiger partial charge in [0, 0.05) is 139 Å².